The fraction of sp³-hybridized carbons (Fsp3) is 0. The molecule has 69 valence electrons. The van der Waals surface area contributed by atoms with Crippen molar-refractivity contribution in [2.75, 3.05) is 0 Å². The van der Waals surface area contributed by atoms with E-state index in [0.29, 0.717) is 10.8 Å². The lowest BCUT2D eigenvalue weighted by atomic mass is 10.1. The first kappa shape index (κ1) is 8.56. The molecule has 0 atom stereocenters. The van der Waals surface area contributed by atoms with E-state index in [4.69, 9.17) is 0 Å². The van der Waals surface area contributed by atoms with E-state index in [0.717, 1.165) is 0 Å². The average Bonchev–Trinajstić information content (AvgIpc) is 2.19. The smallest absolute Gasteiger partial charge is 0.237 e. The average molecular weight is 187 g/mol. The lowest BCUT2D eigenvalue weighted by Crippen LogP contribution is -1.83. The van der Waals surface area contributed by atoms with Crippen LogP contribution < -0.4 is 0 Å². The maximum atomic E-state index is 10.4. The van der Waals surface area contributed by atoms with Crippen LogP contribution in [0.5, 0.6) is 11.5 Å². The monoisotopic (exact) mass is 187 g/mol. The van der Waals surface area contributed by atoms with E-state index >= 15 is 0 Å². The van der Waals surface area contributed by atoms with Gasteiger partial charge in [0.2, 0.25) is 6.29 Å². The van der Waals surface area contributed by atoms with Crippen molar-refractivity contribution >= 4 is 17.1 Å². The van der Waals surface area contributed by atoms with Gasteiger partial charge < -0.3 is 10.2 Å². The molecule has 0 aliphatic rings. The standard InChI is InChI=1S/C11H7O3/c12-6-8-4-7-2-1-3-10(13)9(7)5-11(8)14/h1-5,13-14H. The predicted molar refractivity (Wildman–Crippen MR) is 52.1 cm³/mol. The highest BCUT2D eigenvalue weighted by molar-refractivity contribution is 5.95. The number of hydrogen-bond acceptors (Lipinski definition) is 3. The van der Waals surface area contributed by atoms with Gasteiger partial charge in [0.25, 0.3) is 0 Å². The fourth-order valence-electron chi connectivity index (χ4n) is 1.38. The molecular weight excluding hydrogens is 180 g/mol. The molecule has 3 heteroatoms. The summed E-state index contributed by atoms with van der Waals surface area (Å²) < 4.78 is 0. The van der Waals surface area contributed by atoms with Gasteiger partial charge in [0.1, 0.15) is 11.5 Å². The number of aromatic hydroxyl groups is 2. The normalized spacial score (nSPS) is 10.3. The molecule has 2 N–H and O–H groups in total. The molecule has 0 bridgehead atoms. The van der Waals surface area contributed by atoms with Gasteiger partial charge in [-0.1, -0.05) is 12.1 Å². The number of phenols is 2. The van der Waals surface area contributed by atoms with Gasteiger partial charge in [0.05, 0.1) is 5.56 Å². The largest absolute Gasteiger partial charge is 0.507 e. The van der Waals surface area contributed by atoms with Gasteiger partial charge in [-0.05, 0) is 23.6 Å². The molecule has 0 amide bonds. The first-order chi connectivity index (χ1) is 6.72. The van der Waals surface area contributed by atoms with Crippen molar-refractivity contribution in [1.82, 2.24) is 0 Å². The molecule has 2 aromatic rings. The topological polar surface area (TPSA) is 57.5 Å². The molecule has 14 heavy (non-hydrogen) atoms. The van der Waals surface area contributed by atoms with E-state index in [1.54, 1.807) is 18.4 Å². The molecular formula is C11H7O3. The minimum atomic E-state index is -0.172. The number of phenolic OH excluding ortho intramolecular Hbond substituents is 2. The maximum Gasteiger partial charge on any atom is 0.237 e. The zero-order chi connectivity index (χ0) is 10.1. The number of benzene rings is 2. The summed E-state index contributed by atoms with van der Waals surface area (Å²) in [7, 11) is 0. The number of carbonyl (C=O) groups excluding carboxylic acids is 1. The van der Waals surface area contributed by atoms with Crippen molar-refractivity contribution in [3.63, 3.8) is 0 Å². The first-order valence-corrected chi connectivity index (χ1v) is 4.05. The van der Waals surface area contributed by atoms with Gasteiger partial charge in [0.15, 0.2) is 0 Å². The van der Waals surface area contributed by atoms with E-state index in [9.17, 15) is 15.0 Å². The summed E-state index contributed by atoms with van der Waals surface area (Å²) in [5.41, 5.74) is 0.100. The van der Waals surface area contributed by atoms with Gasteiger partial charge in [-0.3, -0.25) is 4.79 Å². The van der Waals surface area contributed by atoms with Crippen LogP contribution in [0.4, 0.5) is 0 Å². The van der Waals surface area contributed by atoms with Crippen LogP contribution in [0.25, 0.3) is 10.8 Å². The molecule has 0 spiro atoms. The summed E-state index contributed by atoms with van der Waals surface area (Å²) in [4.78, 5) is 10.4. The van der Waals surface area contributed by atoms with Crippen LogP contribution in [0.15, 0.2) is 30.3 Å². The molecule has 1 radical (unpaired) electrons. The van der Waals surface area contributed by atoms with Crippen molar-refractivity contribution in [3.8, 4) is 11.5 Å². The Balaban J connectivity index is 2.85. The van der Waals surface area contributed by atoms with Crippen molar-refractivity contribution < 1.29 is 15.0 Å². The van der Waals surface area contributed by atoms with Crippen molar-refractivity contribution in [3.05, 3.63) is 35.9 Å². The minimum absolute atomic E-state index is 0.0789. The Morgan fingerprint density at radius 3 is 2.57 bits per heavy atom. The Bertz CT molecular complexity index is 503. The number of fused-ring (bicyclic) bond motifs is 1. The molecule has 0 saturated heterocycles. The molecule has 0 unspecified atom stereocenters. The van der Waals surface area contributed by atoms with Crippen molar-refractivity contribution in [2.24, 2.45) is 0 Å². The summed E-state index contributed by atoms with van der Waals surface area (Å²) in [6.07, 6.45) is 1.63. The molecule has 0 aromatic heterocycles. The summed E-state index contributed by atoms with van der Waals surface area (Å²) in [5, 5.41) is 20.0. The van der Waals surface area contributed by atoms with Crippen molar-refractivity contribution in [1.29, 1.82) is 0 Å². The third kappa shape index (κ3) is 1.19. The Labute approximate surface area is 80.2 Å². The van der Waals surface area contributed by atoms with Crippen LogP contribution in [-0.4, -0.2) is 16.5 Å². The van der Waals surface area contributed by atoms with Crippen LogP contribution in [0.3, 0.4) is 0 Å². The fourth-order valence-corrected chi connectivity index (χ4v) is 1.38. The van der Waals surface area contributed by atoms with E-state index in [-0.39, 0.29) is 17.1 Å². The minimum Gasteiger partial charge on any atom is -0.507 e. The third-order valence-corrected chi connectivity index (χ3v) is 2.08. The zero-order valence-corrected chi connectivity index (χ0v) is 7.19. The molecule has 0 aliphatic heterocycles. The summed E-state index contributed by atoms with van der Waals surface area (Å²) in [6.45, 7) is 0. The van der Waals surface area contributed by atoms with E-state index in [1.165, 1.54) is 18.2 Å². The second-order valence-corrected chi connectivity index (χ2v) is 2.97. The molecule has 0 fully saturated rings. The Morgan fingerprint density at radius 2 is 1.86 bits per heavy atom. The van der Waals surface area contributed by atoms with Gasteiger partial charge in [-0.25, -0.2) is 0 Å². The molecule has 2 aromatic carbocycles. The second-order valence-electron chi connectivity index (χ2n) is 2.97. The highest BCUT2D eigenvalue weighted by Gasteiger charge is 2.05. The molecule has 3 nitrogen and oxygen atoms in total. The lowest BCUT2D eigenvalue weighted by Gasteiger charge is -2.02. The van der Waals surface area contributed by atoms with Gasteiger partial charge in [-0.2, -0.15) is 0 Å². The third-order valence-electron chi connectivity index (χ3n) is 2.08. The second kappa shape index (κ2) is 3.03. The van der Waals surface area contributed by atoms with Crippen LogP contribution in [0.2, 0.25) is 0 Å². The molecule has 0 aliphatic carbocycles. The number of hydrogen-bond donors (Lipinski definition) is 2. The quantitative estimate of drug-likeness (QED) is 0.714. The summed E-state index contributed by atoms with van der Waals surface area (Å²) in [5.74, 6) is -0.0933. The van der Waals surface area contributed by atoms with Crippen LogP contribution in [0.1, 0.15) is 5.56 Å². The van der Waals surface area contributed by atoms with Crippen molar-refractivity contribution in [2.45, 2.75) is 0 Å². The van der Waals surface area contributed by atoms with Gasteiger partial charge >= 0.3 is 0 Å². The van der Waals surface area contributed by atoms with Gasteiger partial charge in [-0.15, -0.1) is 0 Å². The van der Waals surface area contributed by atoms with E-state index < -0.39 is 0 Å². The highest BCUT2D eigenvalue weighted by atomic mass is 16.3. The Morgan fingerprint density at radius 1 is 1.07 bits per heavy atom. The lowest BCUT2D eigenvalue weighted by molar-refractivity contribution is 0.469. The Kier molecular flexibility index (Phi) is 1.85. The Hall–Kier alpha value is -2.03. The molecule has 0 saturated carbocycles. The molecule has 2 rings (SSSR count). The number of rotatable bonds is 1. The zero-order valence-electron chi connectivity index (χ0n) is 7.19. The maximum absolute atomic E-state index is 10.4. The van der Waals surface area contributed by atoms with Crippen LogP contribution in [0, 0.1) is 0 Å². The SMILES string of the molecule is O=[C]c1cc2cccc(O)c2cc1O. The predicted octanol–water partition coefficient (Wildman–Crippen LogP) is 1.71. The molecule has 0 heterocycles. The van der Waals surface area contributed by atoms with Gasteiger partial charge in [0, 0.05) is 5.39 Å². The summed E-state index contributed by atoms with van der Waals surface area (Å²) >= 11 is 0. The van der Waals surface area contributed by atoms with E-state index in [1.807, 2.05) is 0 Å². The van der Waals surface area contributed by atoms with Crippen LogP contribution >= 0.6 is 0 Å². The van der Waals surface area contributed by atoms with Crippen LogP contribution in [-0.2, 0) is 4.79 Å². The first-order valence-electron chi connectivity index (χ1n) is 4.05. The summed E-state index contributed by atoms with van der Waals surface area (Å²) in [6, 6.07) is 7.77. The highest BCUT2D eigenvalue weighted by Crippen LogP contribution is 2.29. The van der Waals surface area contributed by atoms with E-state index in [2.05, 4.69) is 0 Å².